The Hall–Kier alpha value is -2.15. The lowest BCUT2D eigenvalue weighted by atomic mass is 10.1. The van der Waals surface area contributed by atoms with Crippen molar-refractivity contribution in [2.24, 2.45) is 0 Å². The molecule has 1 heterocycles. The molecule has 0 radical (unpaired) electrons. The molecule has 7 heteroatoms. The van der Waals surface area contributed by atoms with Crippen molar-refractivity contribution in [2.45, 2.75) is 26.2 Å². The Balaban J connectivity index is 2.72. The van der Waals surface area contributed by atoms with E-state index in [1.807, 2.05) is 0 Å². The van der Waals surface area contributed by atoms with E-state index in [1.54, 1.807) is 26.1 Å². The first kappa shape index (κ1) is 17.9. The summed E-state index contributed by atoms with van der Waals surface area (Å²) in [5, 5.41) is 18.4. The summed E-state index contributed by atoms with van der Waals surface area (Å²) >= 11 is 0. The number of allylic oxidation sites excluding steroid dienone is 5. The lowest BCUT2D eigenvalue weighted by Crippen LogP contribution is -2.27. The summed E-state index contributed by atoms with van der Waals surface area (Å²) in [6.45, 7) is 5.36. The maximum absolute atomic E-state index is 12.2. The van der Waals surface area contributed by atoms with Gasteiger partial charge < -0.3 is 10.2 Å². The molecule has 1 aliphatic heterocycles. The van der Waals surface area contributed by atoms with E-state index in [2.05, 4.69) is 6.58 Å². The van der Waals surface area contributed by atoms with Crippen molar-refractivity contribution < 1.29 is 24.0 Å². The second-order valence-corrected chi connectivity index (χ2v) is 6.24. The molecule has 0 bridgehead atoms. The van der Waals surface area contributed by atoms with E-state index < -0.39 is 17.0 Å². The van der Waals surface area contributed by atoms with Crippen molar-refractivity contribution in [3.63, 3.8) is 0 Å². The summed E-state index contributed by atoms with van der Waals surface area (Å²) in [5.74, 6) is -1.20. The maximum atomic E-state index is 12.2. The molecule has 6 nitrogen and oxygen atoms in total. The van der Waals surface area contributed by atoms with Gasteiger partial charge in [0.05, 0.1) is 17.0 Å². The first-order valence-corrected chi connectivity index (χ1v) is 7.71. The van der Waals surface area contributed by atoms with Gasteiger partial charge in [-0.05, 0) is 13.0 Å². The number of carbonyl (C=O) groups excluding carboxylic acids is 1. The predicted molar refractivity (Wildman–Crippen MR) is 84.1 cm³/mol. The quantitative estimate of drug-likeness (QED) is 0.780. The lowest BCUT2D eigenvalue weighted by molar-refractivity contribution is -0.138. The van der Waals surface area contributed by atoms with Gasteiger partial charge in [0.25, 0.3) is 0 Å². The monoisotopic (exact) mass is 325 g/mol. The lowest BCUT2D eigenvalue weighted by Gasteiger charge is -2.27. The standard InChI is InChI=1S/C15H19NO5S/c1-10-13(22(21)16(3)11(2)15(10)20)7-5-4-6-12(17)8-9-14(18)19/h4-5,7,20H,1,6,8-9H2,2-3H3,(H,18,19)/b5-4-,13-7+. The van der Waals surface area contributed by atoms with Gasteiger partial charge in [0.1, 0.15) is 11.5 Å². The Morgan fingerprint density at radius 1 is 1.36 bits per heavy atom. The van der Waals surface area contributed by atoms with E-state index in [1.165, 1.54) is 10.4 Å². The number of carboxylic acid groups (broad SMARTS) is 1. The van der Waals surface area contributed by atoms with E-state index in [-0.39, 0.29) is 36.4 Å². The number of aliphatic hydroxyl groups excluding tert-OH is 1. The third-order valence-corrected chi connectivity index (χ3v) is 4.71. The second-order valence-electron chi connectivity index (χ2n) is 4.75. The third kappa shape index (κ3) is 4.42. The number of ketones is 1. The Bertz CT molecular complexity index is 615. The molecule has 0 aromatic carbocycles. The fourth-order valence-electron chi connectivity index (χ4n) is 1.72. The average Bonchev–Trinajstić information content (AvgIpc) is 2.48. The van der Waals surface area contributed by atoms with Crippen LogP contribution in [0.4, 0.5) is 0 Å². The Morgan fingerprint density at radius 2 is 2.00 bits per heavy atom. The molecule has 22 heavy (non-hydrogen) atoms. The topological polar surface area (TPSA) is 94.9 Å². The molecule has 0 saturated carbocycles. The van der Waals surface area contributed by atoms with Crippen LogP contribution < -0.4 is 0 Å². The van der Waals surface area contributed by atoms with Crippen LogP contribution in [-0.2, 0) is 20.6 Å². The normalized spacial score (nSPS) is 21.0. The number of nitrogens with zero attached hydrogens (tertiary/aromatic N) is 1. The first-order chi connectivity index (χ1) is 10.3. The van der Waals surface area contributed by atoms with Gasteiger partial charge >= 0.3 is 5.97 Å². The average molecular weight is 325 g/mol. The molecule has 0 fully saturated rings. The summed E-state index contributed by atoms with van der Waals surface area (Å²) in [4.78, 5) is 22.1. The zero-order valence-electron chi connectivity index (χ0n) is 12.5. The predicted octanol–water partition coefficient (Wildman–Crippen LogP) is 2.21. The highest BCUT2D eigenvalue weighted by Crippen LogP contribution is 2.30. The largest absolute Gasteiger partial charge is 0.505 e. The highest BCUT2D eigenvalue weighted by molar-refractivity contribution is 7.87. The molecule has 0 spiro atoms. The Morgan fingerprint density at radius 3 is 2.59 bits per heavy atom. The van der Waals surface area contributed by atoms with E-state index in [0.29, 0.717) is 10.6 Å². The highest BCUT2D eigenvalue weighted by atomic mass is 32.2. The van der Waals surface area contributed by atoms with Gasteiger partial charge in [-0.15, -0.1) is 0 Å². The zero-order chi connectivity index (χ0) is 16.9. The minimum absolute atomic E-state index is 0.0135. The van der Waals surface area contributed by atoms with Gasteiger partial charge in [-0.1, -0.05) is 18.7 Å². The van der Waals surface area contributed by atoms with Crippen LogP contribution in [0.2, 0.25) is 0 Å². The van der Waals surface area contributed by atoms with E-state index >= 15 is 0 Å². The van der Waals surface area contributed by atoms with Crippen molar-refractivity contribution in [2.75, 3.05) is 7.05 Å². The first-order valence-electron chi connectivity index (χ1n) is 6.61. The molecule has 0 aliphatic carbocycles. The smallest absolute Gasteiger partial charge is 0.303 e. The molecule has 0 aromatic heterocycles. The fourth-order valence-corrected chi connectivity index (χ4v) is 2.86. The van der Waals surface area contributed by atoms with Crippen LogP contribution in [-0.4, -0.2) is 37.5 Å². The van der Waals surface area contributed by atoms with Crippen LogP contribution in [0, 0.1) is 0 Å². The molecule has 1 unspecified atom stereocenters. The number of hydrogen-bond donors (Lipinski definition) is 2. The van der Waals surface area contributed by atoms with Gasteiger partial charge in [0.2, 0.25) is 0 Å². The zero-order valence-corrected chi connectivity index (χ0v) is 13.4. The number of carboxylic acids is 1. The molecule has 1 aliphatic rings. The summed E-state index contributed by atoms with van der Waals surface area (Å²) in [5.41, 5.74) is 0.768. The number of hydrogen-bond acceptors (Lipinski definition) is 4. The number of aliphatic carboxylic acids is 1. The highest BCUT2D eigenvalue weighted by Gasteiger charge is 2.27. The second kappa shape index (κ2) is 7.74. The van der Waals surface area contributed by atoms with Crippen molar-refractivity contribution in [1.29, 1.82) is 0 Å². The molecule has 0 aromatic rings. The molecule has 0 saturated heterocycles. The van der Waals surface area contributed by atoms with E-state index in [4.69, 9.17) is 5.11 Å². The Kier molecular flexibility index (Phi) is 6.30. The number of aliphatic hydroxyl groups is 1. The molecule has 2 N–H and O–H groups in total. The van der Waals surface area contributed by atoms with Crippen molar-refractivity contribution in [1.82, 2.24) is 4.31 Å². The molecule has 1 rings (SSSR count). The number of carbonyl (C=O) groups is 2. The van der Waals surface area contributed by atoms with Gasteiger partial charge in [-0.3, -0.25) is 13.9 Å². The van der Waals surface area contributed by atoms with Gasteiger partial charge in [0.15, 0.2) is 11.0 Å². The van der Waals surface area contributed by atoms with Crippen molar-refractivity contribution in [3.05, 3.63) is 46.7 Å². The van der Waals surface area contributed by atoms with E-state index in [9.17, 15) is 18.9 Å². The van der Waals surface area contributed by atoms with Gasteiger partial charge in [-0.2, -0.15) is 0 Å². The summed E-state index contributed by atoms with van der Waals surface area (Å²) in [6, 6.07) is 0. The fraction of sp³-hybridized carbons (Fsp3) is 0.333. The van der Waals surface area contributed by atoms with Crippen molar-refractivity contribution in [3.8, 4) is 0 Å². The molecule has 1 atom stereocenters. The SMILES string of the molecule is C=C1C(O)=C(C)N(C)S(=O)/C1=C/C=C\CC(=O)CCC(=O)O. The molecular formula is C15H19NO5S. The van der Waals surface area contributed by atoms with Crippen LogP contribution in [0.3, 0.4) is 0 Å². The molecule has 0 amide bonds. The van der Waals surface area contributed by atoms with E-state index in [0.717, 1.165) is 0 Å². The summed E-state index contributed by atoms with van der Waals surface area (Å²) in [7, 11) is 0.134. The minimum Gasteiger partial charge on any atom is -0.505 e. The molecular weight excluding hydrogens is 306 g/mol. The van der Waals surface area contributed by atoms with Gasteiger partial charge in [0, 0.05) is 25.5 Å². The van der Waals surface area contributed by atoms with Crippen LogP contribution in [0.1, 0.15) is 26.2 Å². The summed E-state index contributed by atoms with van der Waals surface area (Å²) < 4.78 is 13.6. The van der Waals surface area contributed by atoms with Crippen LogP contribution >= 0.6 is 0 Å². The third-order valence-electron chi connectivity index (χ3n) is 3.18. The van der Waals surface area contributed by atoms with Crippen molar-refractivity contribution >= 4 is 22.7 Å². The van der Waals surface area contributed by atoms with Crippen LogP contribution in [0.5, 0.6) is 0 Å². The Labute approximate surface area is 131 Å². The van der Waals surface area contributed by atoms with Crippen LogP contribution in [0.15, 0.2) is 46.7 Å². The van der Waals surface area contributed by atoms with Crippen LogP contribution in [0.25, 0.3) is 0 Å². The number of Topliss-reactive ketones (excluding diaryl/α,β-unsaturated/α-hetero) is 1. The summed E-state index contributed by atoms with van der Waals surface area (Å²) in [6.07, 6.45) is 4.55. The molecule has 120 valence electrons. The van der Waals surface area contributed by atoms with Gasteiger partial charge in [-0.25, -0.2) is 4.21 Å². The minimum atomic E-state index is -1.46. The number of rotatable bonds is 6. The maximum Gasteiger partial charge on any atom is 0.303 e.